The number of anilines is 3. The number of rotatable bonds is 11. The Labute approximate surface area is 267 Å². The van der Waals surface area contributed by atoms with Crippen LogP contribution < -0.4 is 44.1 Å². The average molecular weight is 699 g/mol. The quantitative estimate of drug-likeness (QED) is 0.141. The van der Waals surface area contributed by atoms with Crippen LogP contribution in [0.1, 0.15) is 18.2 Å². The third kappa shape index (κ3) is 8.79. The van der Waals surface area contributed by atoms with Gasteiger partial charge < -0.3 is 48.6 Å². The van der Waals surface area contributed by atoms with E-state index in [1.165, 1.54) is 12.3 Å². The van der Waals surface area contributed by atoms with Crippen molar-refractivity contribution in [3.63, 3.8) is 0 Å². The molecule has 2 heterocycles. The van der Waals surface area contributed by atoms with Crippen molar-refractivity contribution in [1.82, 2.24) is 9.97 Å². The molecule has 0 unspecified atom stereocenters. The van der Waals surface area contributed by atoms with E-state index in [1.807, 2.05) is 58.4 Å². The minimum absolute atomic E-state index is 0. The lowest BCUT2D eigenvalue weighted by Gasteiger charge is -2.21. The van der Waals surface area contributed by atoms with Crippen molar-refractivity contribution in [3.05, 3.63) is 89.4 Å². The van der Waals surface area contributed by atoms with Gasteiger partial charge in [0.05, 0.1) is 67.5 Å². The second-order valence-electron chi connectivity index (χ2n) is 10.2. The summed E-state index contributed by atoms with van der Waals surface area (Å²) in [6, 6.07) is 16.6. The molecule has 9 nitrogen and oxygen atoms in total. The molecule has 11 heteroatoms. The normalized spacial score (nSPS) is 11.0. The van der Waals surface area contributed by atoms with E-state index in [1.54, 1.807) is 30.5 Å². The number of carbonyl (C=O) groups is 1. The van der Waals surface area contributed by atoms with Gasteiger partial charge in [0.25, 0.3) is 0 Å². The molecule has 1 amide bonds. The van der Waals surface area contributed by atoms with Gasteiger partial charge in [0.2, 0.25) is 5.91 Å². The number of nitrogens with zero attached hydrogens (tertiary/aromatic N) is 4. The molecule has 4 rings (SSSR count). The lowest BCUT2D eigenvalue weighted by molar-refractivity contribution is -0.864. The maximum absolute atomic E-state index is 12.7. The van der Waals surface area contributed by atoms with Crippen molar-refractivity contribution in [3.8, 4) is 17.6 Å². The van der Waals surface area contributed by atoms with Crippen LogP contribution in [0, 0.1) is 11.3 Å². The first-order valence-corrected chi connectivity index (χ1v) is 13.4. The smallest absolute Gasteiger partial charge is 0.248 e. The predicted octanol–water partition coefficient (Wildman–Crippen LogP) is 3.08. The van der Waals surface area contributed by atoms with Gasteiger partial charge >= 0.3 is 0 Å². The molecule has 0 fully saturated rings. The summed E-state index contributed by atoms with van der Waals surface area (Å²) < 4.78 is 12.3. The third-order valence-electron chi connectivity index (χ3n) is 5.87. The molecule has 0 aliphatic carbocycles. The van der Waals surface area contributed by atoms with Gasteiger partial charge in [-0.05, 0) is 49.4 Å². The molecule has 42 heavy (non-hydrogen) atoms. The summed E-state index contributed by atoms with van der Waals surface area (Å²) in [5.41, 5.74) is 3.34. The molecule has 218 valence electrons. The van der Waals surface area contributed by atoms with Crippen LogP contribution in [0.25, 0.3) is 10.9 Å². The second kappa shape index (κ2) is 14.8. The average Bonchev–Trinajstić information content (AvgIpc) is 2.93. The number of aromatic nitrogens is 2. The van der Waals surface area contributed by atoms with E-state index in [-0.39, 0.29) is 36.5 Å². The fourth-order valence-electron chi connectivity index (χ4n) is 3.94. The van der Waals surface area contributed by atoms with Crippen LogP contribution in [0.4, 0.5) is 17.1 Å². The molecular formula is C31H32ClIN6O3. The third-order valence-corrected chi connectivity index (χ3v) is 6.17. The highest BCUT2D eigenvalue weighted by Gasteiger charge is 2.16. The van der Waals surface area contributed by atoms with Crippen molar-refractivity contribution in [2.75, 3.05) is 44.9 Å². The van der Waals surface area contributed by atoms with Crippen LogP contribution in [-0.4, -0.2) is 54.7 Å². The monoisotopic (exact) mass is 698 g/mol. The summed E-state index contributed by atoms with van der Waals surface area (Å²) in [6.45, 7) is 3.24. The van der Waals surface area contributed by atoms with Gasteiger partial charge in [-0.15, -0.1) is 0 Å². The molecular weight excluding hydrogens is 667 g/mol. The van der Waals surface area contributed by atoms with E-state index >= 15 is 0 Å². The summed E-state index contributed by atoms with van der Waals surface area (Å²) in [5, 5.41) is 17.1. The zero-order chi connectivity index (χ0) is 29.4. The number of fused-ring (bicyclic) bond motifs is 1. The lowest BCUT2D eigenvalue weighted by atomic mass is 10.1. The molecule has 4 aromatic rings. The number of nitrogens with one attached hydrogen (secondary N) is 2. The van der Waals surface area contributed by atoms with Gasteiger partial charge in [-0.2, -0.15) is 5.26 Å². The lowest BCUT2D eigenvalue weighted by Crippen LogP contribution is -3.00. The Bertz CT molecular complexity index is 1620. The molecule has 0 saturated carbocycles. The molecule has 0 bridgehead atoms. The number of carbonyl (C=O) groups excluding carboxylic acids is 1. The van der Waals surface area contributed by atoms with E-state index in [0.29, 0.717) is 67.7 Å². The fraction of sp³-hybridized carbons (Fsp3) is 0.226. The number of ether oxygens (including phenoxy) is 2. The van der Waals surface area contributed by atoms with Gasteiger partial charge in [0.1, 0.15) is 24.2 Å². The number of hydrogen-bond donors (Lipinski definition) is 2. The molecule has 2 aromatic heterocycles. The molecule has 0 atom stereocenters. The highest BCUT2D eigenvalue weighted by molar-refractivity contribution is 6.32. The Morgan fingerprint density at radius 2 is 1.90 bits per heavy atom. The number of hydrogen-bond acceptors (Lipinski definition) is 7. The van der Waals surface area contributed by atoms with Crippen molar-refractivity contribution in [1.29, 1.82) is 5.26 Å². The predicted molar refractivity (Wildman–Crippen MR) is 162 cm³/mol. The largest absolute Gasteiger partial charge is 1.00 e. The number of halogens is 2. The van der Waals surface area contributed by atoms with Crippen LogP contribution in [0.3, 0.4) is 0 Å². The summed E-state index contributed by atoms with van der Waals surface area (Å²) >= 11 is 6.53. The van der Waals surface area contributed by atoms with Crippen LogP contribution in [0.2, 0.25) is 5.02 Å². The topological polar surface area (TPSA) is 109 Å². The van der Waals surface area contributed by atoms with Crippen LogP contribution in [-0.2, 0) is 11.4 Å². The highest BCUT2D eigenvalue weighted by Crippen LogP contribution is 2.37. The molecule has 2 N–H and O–H groups in total. The highest BCUT2D eigenvalue weighted by atomic mass is 127. The van der Waals surface area contributed by atoms with Crippen molar-refractivity contribution >= 4 is 45.5 Å². The summed E-state index contributed by atoms with van der Waals surface area (Å²) in [5.74, 6) is 0.701. The zero-order valence-corrected chi connectivity index (χ0v) is 26.7. The summed E-state index contributed by atoms with van der Waals surface area (Å²) in [4.78, 5) is 21.4. The maximum Gasteiger partial charge on any atom is 0.248 e. The molecule has 0 spiro atoms. The Kier molecular flexibility index (Phi) is 11.5. The van der Waals surface area contributed by atoms with E-state index < -0.39 is 0 Å². The van der Waals surface area contributed by atoms with Gasteiger partial charge in [0, 0.05) is 35.6 Å². The first kappa shape index (κ1) is 32.6. The number of pyridine rings is 2. The summed E-state index contributed by atoms with van der Waals surface area (Å²) in [7, 11) is 6.13. The first-order chi connectivity index (χ1) is 19.7. The first-order valence-electron chi connectivity index (χ1n) is 13.0. The van der Waals surface area contributed by atoms with Crippen molar-refractivity contribution < 1.29 is 42.7 Å². The minimum atomic E-state index is -0.286. The second-order valence-corrected chi connectivity index (χ2v) is 10.6. The van der Waals surface area contributed by atoms with E-state index in [0.717, 1.165) is 5.69 Å². The number of likely N-dealkylation sites (N-methyl/N-ethyl adjacent to an activating group) is 1. The molecule has 0 saturated heterocycles. The van der Waals surface area contributed by atoms with Gasteiger partial charge in [-0.1, -0.05) is 17.7 Å². The Balaban J connectivity index is 0.00000484. The van der Waals surface area contributed by atoms with Crippen LogP contribution in [0.5, 0.6) is 11.5 Å². The standard InChI is InChI=1S/C31H31ClN6O3.HI/c1-5-40-29-17-26-24(16-27(29)37-30(39)10-8-14-38(2,3)4)31(21(18-33)19-35-26)36-22-11-12-28(25(32)15-22)41-20-23-9-6-7-13-34-23;/h6-13,15-17,19H,5,14,20H2,1-4H3,(H-,35,36,37,39);1H/b10-8+;. The molecule has 0 aliphatic rings. The van der Waals surface area contributed by atoms with Crippen molar-refractivity contribution in [2.45, 2.75) is 13.5 Å². The SMILES string of the molecule is CCOc1cc2ncc(C#N)c(Nc3ccc(OCc4ccccn4)c(Cl)c3)c2cc1NC(=O)/C=C/C[N+](C)(C)C.[I-]. The van der Waals surface area contributed by atoms with E-state index in [2.05, 4.69) is 26.7 Å². The number of nitriles is 1. The van der Waals surface area contributed by atoms with Gasteiger partial charge in [-0.3, -0.25) is 14.8 Å². The van der Waals surface area contributed by atoms with E-state index in [9.17, 15) is 10.1 Å². The molecule has 2 aromatic carbocycles. The Morgan fingerprint density at radius 3 is 2.57 bits per heavy atom. The zero-order valence-electron chi connectivity index (χ0n) is 23.8. The number of amides is 1. The number of benzene rings is 2. The van der Waals surface area contributed by atoms with E-state index in [4.69, 9.17) is 21.1 Å². The van der Waals surface area contributed by atoms with Crippen LogP contribution in [0.15, 0.2) is 73.1 Å². The Morgan fingerprint density at radius 1 is 1.10 bits per heavy atom. The van der Waals surface area contributed by atoms with Crippen LogP contribution >= 0.6 is 11.6 Å². The minimum Gasteiger partial charge on any atom is -1.00 e. The molecule has 0 radical (unpaired) electrons. The van der Waals surface area contributed by atoms with Gasteiger partial charge in [0.15, 0.2) is 0 Å². The maximum atomic E-state index is 12.7. The fourth-order valence-corrected chi connectivity index (χ4v) is 4.17. The summed E-state index contributed by atoms with van der Waals surface area (Å²) in [6.07, 6.45) is 6.53. The van der Waals surface area contributed by atoms with Gasteiger partial charge in [-0.25, -0.2) is 0 Å². The number of quaternary nitrogens is 1. The molecule has 0 aliphatic heterocycles. The van der Waals surface area contributed by atoms with Crippen molar-refractivity contribution in [2.24, 2.45) is 0 Å². The Hall–Kier alpha value is -3.92.